The third-order valence-corrected chi connectivity index (χ3v) is 2.50. The van der Waals surface area contributed by atoms with Crippen molar-refractivity contribution in [1.82, 2.24) is 4.98 Å². The Hall–Kier alpha value is -1.88. The van der Waals surface area contributed by atoms with Crippen LogP contribution in [0, 0.1) is 0 Å². The summed E-state index contributed by atoms with van der Waals surface area (Å²) in [5.74, 6) is 0. The molecule has 0 radical (unpaired) electrons. The topological polar surface area (TPSA) is 33.1 Å². The van der Waals surface area contributed by atoms with Gasteiger partial charge in [-0.05, 0) is 17.7 Å². The smallest absolute Gasteiger partial charge is 0.379 e. The summed E-state index contributed by atoms with van der Waals surface area (Å²) in [4.78, 5) is 4.09. The van der Waals surface area contributed by atoms with Crippen LogP contribution in [0.5, 0.6) is 0 Å². The van der Waals surface area contributed by atoms with Crippen LogP contribution in [-0.4, -0.2) is 16.3 Å². The number of pyridine rings is 1. The fourth-order valence-corrected chi connectivity index (χ4v) is 1.56. The zero-order valence-corrected chi connectivity index (χ0v) is 9.22. The number of benzene rings is 1. The lowest BCUT2D eigenvalue weighted by molar-refractivity contribution is -0.206. The highest BCUT2D eigenvalue weighted by Gasteiger charge is 2.39. The van der Waals surface area contributed by atoms with E-state index in [2.05, 4.69) is 4.98 Å². The predicted molar refractivity (Wildman–Crippen MR) is 60.7 cm³/mol. The zero-order chi connectivity index (χ0) is 13.2. The summed E-state index contributed by atoms with van der Waals surface area (Å²) in [6, 6.07) is 10.8. The molecule has 5 heteroatoms. The summed E-state index contributed by atoms with van der Waals surface area (Å²) in [5, 5.41) is 9.08. The third-order valence-electron chi connectivity index (χ3n) is 2.50. The van der Waals surface area contributed by atoms with E-state index in [0.29, 0.717) is 11.3 Å². The molecular weight excluding hydrogens is 243 g/mol. The molecule has 0 aliphatic carbocycles. The maximum atomic E-state index is 12.3. The van der Waals surface area contributed by atoms with Crippen molar-refractivity contribution in [3.8, 4) is 11.3 Å². The van der Waals surface area contributed by atoms with Gasteiger partial charge < -0.3 is 5.11 Å². The fraction of sp³-hybridized carbons (Fsp3) is 0.154. The second-order valence-electron chi connectivity index (χ2n) is 3.78. The minimum Gasteiger partial charge on any atom is -0.379 e. The van der Waals surface area contributed by atoms with Gasteiger partial charge in [-0.25, -0.2) is 0 Å². The summed E-state index contributed by atoms with van der Waals surface area (Å²) in [6.45, 7) is 0. The van der Waals surface area contributed by atoms with Crippen molar-refractivity contribution in [2.24, 2.45) is 0 Å². The van der Waals surface area contributed by atoms with Gasteiger partial charge in [0.2, 0.25) is 0 Å². The lowest BCUT2D eigenvalue weighted by atomic mass is 10.0. The molecule has 1 N–H and O–H groups in total. The molecule has 1 atom stereocenters. The van der Waals surface area contributed by atoms with Gasteiger partial charge in [0.25, 0.3) is 0 Å². The molecule has 0 amide bonds. The van der Waals surface area contributed by atoms with E-state index >= 15 is 0 Å². The molecule has 1 unspecified atom stereocenters. The molecule has 94 valence electrons. The second-order valence-corrected chi connectivity index (χ2v) is 3.78. The highest BCUT2D eigenvalue weighted by Crippen LogP contribution is 2.33. The molecule has 0 fully saturated rings. The number of rotatable bonds is 2. The Bertz CT molecular complexity index is 508. The SMILES string of the molecule is OC(c1ccc(-c2ccccn2)cc1)C(F)(F)F. The van der Waals surface area contributed by atoms with E-state index in [1.54, 1.807) is 24.4 Å². The number of halogens is 3. The van der Waals surface area contributed by atoms with Gasteiger partial charge in [-0.3, -0.25) is 4.98 Å². The van der Waals surface area contributed by atoms with Crippen LogP contribution in [0.4, 0.5) is 13.2 Å². The van der Waals surface area contributed by atoms with E-state index in [4.69, 9.17) is 5.11 Å². The average Bonchev–Trinajstić information content (AvgIpc) is 2.38. The molecule has 0 aliphatic rings. The Kier molecular flexibility index (Phi) is 3.34. The first-order chi connectivity index (χ1) is 8.48. The third kappa shape index (κ3) is 2.68. The quantitative estimate of drug-likeness (QED) is 0.890. The Morgan fingerprint density at radius 2 is 1.67 bits per heavy atom. The molecule has 0 spiro atoms. The van der Waals surface area contributed by atoms with Crippen LogP contribution in [0.2, 0.25) is 0 Å². The van der Waals surface area contributed by atoms with Crippen LogP contribution in [-0.2, 0) is 0 Å². The van der Waals surface area contributed by atoms with E-state index in [-0.39, 0.29) is 5.56 Å². The van der Waals surface area contributed by atoms with Crippen molar-refractivity contribution in [2.75, 3.05) is 0 Å². The first-order valence-electron chi connectivity index (χ1n) is 5.24. The Balaban J connectivity index is 2.26. The standard InChI is InChI=1S/C13H10F3NO/c14-13(15,16)12(18)10-6-4-9(5-7-10)11-3-1-2-8-17-11/h1-8,12,18H. The lowest BCUT2D eigenvalue weighted by Gasteiger charge is -2.14. The summed E-state index contributed by atoms with van der Waals surface area (Å²) in [6.07, 6.45) is -5.49. The van der Waals surface area contributed by atoms with Gasteiger partial charge in [-0.15, -0.1) is 0 Å². The maximum Gasteiger partial charge on any atom is 0.418 e. The normalized spacial score (nSPS) is 13.3. The maximum absolute atomic E-state index is 12.3. The minimum absolute atomic E-state index is 0.179. The highest BCUT2D eigenvalue weighted by molar-refractivity contribution is 5.59. The van der Waals surface area contributed by atoms with Crippen molar-refractivity contribution in [1.29, 1.82) is 0 Å². The van der Waals surface area contributed by atoms with E-state index in [0.717, 1.165) is 0 Å². The molecule has 1 aromatic heterocycles. The summed E-state index contributed by atoms with van der Waals surface area (Å²) < 4.78 is 36.9. The van der Waals surface area contributed by atoms with Crippen molar-refractivity contribution in [2.45, 2.75) is 12.3 Å². The van der Waals surface area contributed by atoms with Crippen LogP contribution < -0.4 is 0 Å². The zero-order valence-electron chi connectivity index (χ0n) is 9.22. The molecule has 2 rings (SSSR count). The Morgan fingerprint density at radius 1 is 1.00 bits per heavy atom. The molecular formula is C13H10F3NO. The van der Waals surface area contributed by atoms with Gasteiger partial charge >= 0.3 is 6.18 Å². The predicted octanol–water partition coefficient (Wildman–Crippen LogP) is 3.34. The summed E-state index contributed by atoms with van der Waals surface area (Å²) in [5.41, 5.74) is 1.20. The fourth-order valence-electron chi connectivity index (χ4n) is 1.56. The summed E-state index contributed by atoms with van der Waals surface area (Å²) >= 11 is 0. The minimum atomic E-state index is -4.65. The van der Waals surface area contributed by atoms with Gasteiger partial charge in [0, 0.05) is 11.8 Å². The van der Waals surface area contributed by atoms with Crippen LogP contribution in [0.25, 0.3) is 11.3 Å². The van der Waals surface area contributed by atoms with E-state index in [1.807, 2.05) is 0 Å². The number of alkyl halides is 3. The molecule has 0 saturated carbocycles. The van der Waals surface area contributed by atoms with Crippen LogP contribution in [0.3, 0.4) is 0 Å². The van der Waals surface area contributed by atoms with Crippen molar-refractivity contribution < 1.29 is 18.3 Å². The average molecular weight is 253 g/mol. The first kappa shape index (κ1) is 12.6. The lowest BCUT2D eigenvalue weighted by Crippen LogP contribution is -2.19. The molecule has 1 heterocycles. The molecule has 18 heavy (non-hydrogen) atoms. The highest BCUT2D eigenvalue weighted by atomic mass is 19.4. The Morgan fingerprint density at radius 3 is 2.17 bits per heavy atom. The van der Waals surface area contributed by atoms with Crippen LogP contribution in [0.15, 0.2) is 48.7 Å². The van der Waals surface area contributed by atoms with Gasteiger partial charge in [-0.2, -0.15) is 13.2 Å². The van der Waals surface area contributed by atoms with Gasteiger partial charge in [-0.1, -0.05) is 30.3 Å². The molecule has 0 aliphatic heterocycles. The van der Waals surface area contributed by atoms with Crippen molar-refractivity contribution >= 4 is 0 Å². The van der Waals surface area contributed by atoms with E-state index in [1.165, 1.54) is 24.3 Å². The molecule has 0 bridgehead atoms. The molecule has 1 aromatic carbocycles. The monoisotopic (exact) mass is 253 g/mol. The number of aliphatic hydroxyl groups is 1. The first-order valence-corrected chi connectivity index (χ1v) is 5.24. The molecule has 2 aromatic rings. The molecule has 2 nitrogen and oxygen atoms in total. The largest absolute Gasteiger partial charge is 0.418 e. The van der Waals surface area contributed by atoms with Gasteiger partial charge in [0.1, 0.15) is 0 Å². The summed E-state index contributed by atoms with van der Waals surface area (Å²) in [7, 11) is 0. The van der Waals surface area contributed by atoms with Crippen LogP contribution >= 0.6 is 0 Å². The second kappa shape index (κ2) is 4.78. The Labute approximate surface area is 102 Å². The van der Waals surface area contributed by atoms with E-state index < -0.39 is 12.3 Å². The van der Waals surface area contributed by atoms with Crippen molar-refractivity contribution in [3.05, 3.63) is 54.2 Å². The van der Waals surface area contributed by atoms with Gasteiger partial charge in [0.05, 0.1) is 5.69 Å². The number of hydrogen-bond donors (Lipinski definition) is 1. The van der Waals surface area contributed by atoms with E-state index in [9.17, 15) is 13.2 Å². The number of aliphatic hydroxyl groups excluding tert-OH is 1. The van der Waals surface area contributed by atoms with Crippen molar-refractivity contribution in [3.63, 3.8) is 0 Å². The number of aromatic nitrogens is 1. The van der Waals surface area contributed by atoms with Crippen LogP contribution in [0.1, 0.15) is 11.7 Å². The number of nitrogens with zero attached hydrogens (tertiary/aromatic N) is 1. The van der Waals surface area contributed by atoms with Gasteiger partial charge in [0.15, 0.2) is 6.10 Å². The number of hydrogen-bond acceptors (Lipinski definition) is 2. The molecule has 0 saturated heterocycles.